The number of ketones is 1. The number of pyridine rings is 1. The molecule has 2 N–H and O–H groups in total. The van der Waals surface area contributed by atoms with E-state index in [0.29, 0.717) is 34.0 Å². The monoisotopic (exact) mass is 507 g/mol. The molecule has 3 aromatic rings. The number of Topliss-reactive ketones (excluding diaryl/α,β-unsaturated/α-hetero) is 1. The van der Waals surface area contributed by atoms with E-state index in [4.69, 9.17) is 37.8 Å². The summed E-state index contributed by atoms with van der Waals surface area (Å²) in [5.74, 6) is 0.0284. The van der Waals surface area contributed by atoms with Crippen molar-refractivity contribution in [3.63, 3.8) is 0 Å². The van der Waals surface area contributed by atoms with Gasteiger partial charge < -0.3 is 19.7 Å². The van der Waals surface area contributed by atoms with Gasteiger partial charge in [-0.1, -0.05) is 23.2 Å². The van der Waals surface area contributed by atoms with E-state index in [1.807, 2.05) is 0 Å². The maximum Gasteiger partial charge on any atom is 0.163 e. The van der Waals surface area contributed by atoms with E-state index in [1.165, 1.54) is 31.4 Å². The number of aliphatic hydroxyl groups excluding tert-OH is 1. The number of aromatic nitrogens is 1. The smallest absolute Gasteiger partial charge is 0.163 e. The molecule has 0 saturated carbocycles. The molecule has 1 unspecified atom stereocenters. The number of nitrogens with zero attached hydrogens (tertiary/aromatic N) is 1. The molecule has 34 heavy (non-hydrogen) atoms. The Kier molecular flexibility index (Phi) is 8.49. The predicted octanol–water partition coefficient (Wildman–Crippen LogP) is 5.44. The summed E-state index contributed by atoms with van der Waals surface area (Å²) in [6.07, 6.45) is 0.126. The van der Waals surface area contributed by atoms with E-state index in [2.05, 4.69) is 4.98 Å². The molecular formula is C25H24Cl2FNO5. The molecule has 0 bridgehead atoms. The Morgan fingerprint density at radius 3 is 2.47 bits per heavy atom. The summed E-state index contributed by atoms with van der Waals surface area (Å²) >= 11 is 12.1. The Labute approximate surface area is 206 Å². The highest BCUT2D eigenvalue weighted by Crippen LogP contribution is 2.35. The van der Waals surface area contributed by atoms with E-state index in [9.17, 15) is 14.3 Å². The standard InChI is InChI=1S/C25H24Cl2FNO5/c1-25(32,10-9-20(31)15-4-6-21(18(27)13-15)34-12-11-30)23-8-7-22(33-2)24(29-23)16-3-5-19(28)17(26)14-16/h3-8,13-14,30,32H,9-12H2,1-2H3. The lowest BCUT2D eigenvalue weighted by Crippen LogP contribution is -2.24. The van der Waals surface area contributed by atoms with Crippen molar-refractivity contribution in [2.24, 2.45) is 0 Å². The molecule has 2 aromatic carbocycles. The molecule has 0 amide bonds. The second-order valence-electron chi connectivity index (χ2n) is 7.79. The van der Waals surface area contributed by atoms with Crippen molar-refractivity contribution in [1.29, 1.82) is 0 Å². The summed E-state index contributed by atoms with van der Waals surface area (Å²) in [6, 6.07) is 12.1. The van der Waals surface area contributed by atoms with Gasteiger partial charge in [0, 0.05) is 17.5 Å². The van der Waals surface area contributed by atoms with Gasteiger partial charge in [0.1, 0.15) is 35.2 Å². The van der Waals surface area contributed by atoms with Crippen molar-refractivity contribution >= 4 is 29.0 Å². The lowest BCUT2D eigenvalue weighted by molar-refractivity contribution is 0.0397. The number of rotatable bonds is 10. The predicted molar refractivity (Wildman–Crippen MR) is 128 cm³/mol. The number of ether oxygens (including phenoxy) is 2. The molecule has 0 aliphatic heterocycles. The van der Waals surface area contributed by atoms with Gasteiger partial charge in [-0.25, -0.2) is 9.37 Å². The van der Waals surface area contributed by atoms with Crippen LogP contribution >= 0.6 is 23.2 Å². The molecule has 0 aliphatic rings. The number of carbonyl (C=O) groups is 1. The highest BCUT2D eigenvalue weighted by molar-refractivity contribution is 6.32. The minimum Gasteiger partial charge on any atom is -0.494 e. The molecular weight excluding hydrogens is 484 g/mol. The summed E-state index contributed by atoms with van der Waals surface area (Å²) in [5.41, 5.74) is 0.173. The van der Waals surface area contributed by atoms with Crippen molar-refractivity contribution in [3.8, 4) is 22.8 Å². The van der Waals surface area contributed by atoms with Crippen LogP contribution in [-0.2, 0) is 5.60 Å². The van der Waals surface area contributed by atoms with Crippen molar-refractivity contribution in [1.82, 2.24) is 4.98 Å². The molecule has 0 aliphatic carbocycles. The number of methoxy groups -OCH3 is 1. The quantitative estimate of drug-likeness (QED) is 0.355. The second-order valence-corrected chi connectivity index (χ2v) is 8.60. The highest BCUT2D eigenvalue weighted by Gasteiger charge is 2.27. The number of benzene rings is 2. The Bertz CT molecular complexity index is 1190. The van der Waals surface area contributed by atoms with Crippen LogP contribution in [0.4, 0.5) is 4.39 Å². The van der Waals surface area contributed by atoms with E-state index >= 15 is 0 Å². The molecule has 1 aromatic heterocycles. The Morgan fingerprint density at radius 2 is 1.82 bits per heavy atom. The zero-order chi connectivity index (χ0) is 24.9. The van der Waals surface area contributed by atoms with Gasteiger partial charge >= 0.3 is 0 Å². The zero-order valence-electron chi connectivity index (χ0n) is 18.6. The fourth-order valence-corrected chi connectivity index (χ4v) is 3.75. The van der Waals surface area contributed by atoms with E-state index < -0.39 is 11.4 Å². The molecule has 180 valence electrons. The van der Waals surface area contributed by atoms with Crippen molar-refractivity contribution in [2.45, 2.75) is 25.4 Å². The van der Waals surface area contributed by atoms with Gasteiger partial charge in [-0.15, -0.1) is 0 Å². The molecule has 0 radical (unpaired) electrons. The van der Waals surface area contributed by atoms with E-state index in [0.717, 1.165) is 0 Å². The van der Waals surface area contributed by atoms with Crippen LogP contribution in [0.15, 0.2) is 48.5 Å². The van der Waals surface area contributed by atoms with Crippen molar-refractivity contribution in [3.05, 3.63) is 75.7 Å². The average Bonchev–Trinajstić information content (AvgIpc) is 2.83. The lowest BCUT2D eigenvalue weighted by atomic mass is 9.92. The maximum atomic E-state index is 13.6. The first-order valence-corrected chi connectivity index (χ1v) is 11.2. The lowest BCUT2D eigenvalue weighted by Gasteiger charge is -2.24. The summed E-state index contributed by atoms with van der Waals surface area (Å²) < 4.78 is 24.3. The molecule has 1 atom stereocenters. The van der Waals surface area contributed by atoms with Gasteiger partial charge in [-0.3, -0.25) is 4.79 Å². The van der Waals surface area contributed by atoms with Crippen LogP contribution in [-0.4, -0.2) is 41.3 Å². The third-order valence-electron chi connectivity index (χ3n) is 5.26. The average molecular weight is 508 g/mol. The number of hydrogen-bond donors (Lipinski definition) is 2. The summed E-state index contributed by atoms with van der Waals surface area (Å²) in [6.45, 7) is 1.51. The first kappa shape index (κ1) is 25.9. The zero-order valence-corrected chi connectivity index (χ0v) is 20.2. The first-order valence-electron chi connectivity index (χ1n) is 10.5. The number of hydrogen-bond acceptors (Lipinski definition) is 6. The minimum absolute atomic E-state index is 0.0333. The van der Waals surface area contributed by atoms with Gasteiger partial charge in [0.05, 0.1) is 29.5 Å². The third-order valence-corrected chi connectivity index (χ3v) is 5.85. The molecule has 3 rings (SSSR count). The fraction of sp³-hybridized carbons (Fsp3) is 0.280. The largest absolute Gasteiger partial charge is 0.494 e. The van der Waals surface area contributed by atoms with E-state index in [1.54, 1.807) is 31.2 Å². The summed E-state index contributed by atoms with van der Waals surface area (Å²) in [4.78, 5) is 17.3. The Hall–Kier alpha value is -2.71. The van der Waals surface area contributed by atoms with Gasteiger partial charge in [0.25, 0.3) is 0 Å². The normalized spacial score (nSPS) is 12.8. The third kappa shape index (κ3) is 6.04. The summed E-state index contributed by atoms with van der Waals surface area (Å²) in [5, 5.41) is 20.2. The minimum atomic E-state index is -1.44. The second kappa shape index (κ2) is 11.1. The van der Waals surface area contributed by atoms with E-state index in [-0.39, 0.29) is 41.9 Å². The molecule has 1 heterocycles. The van der Waals surface area contributed by atoms with Crippen LogP contribution in [0.2, 0.25) is 10.0 Å². The van der Waals surface area contributed by atoms with Gasteiger partial charge in [-0.2, -0.15) is 0 Å². The van der Waals surface area contributed by atoms with Gasteiger partial charge in [0.2, 0.25) is 0 Å². The highest BCUT2D eigenvalue weighted by atomic mass is 35.5. The van der Waals surface area contributed by atoms with Crippen molar-refractivity contribution in [2.75, 3.05) is 20.3 Å². The molecule has 9 heteroatoms. The topological polar surface area (TPSA) is 88.9 Å². The number of halogens is 3. The fourth-order valence-electron chi connectivity index (χ4n) is 3.34. The van der Waals surface area contributed by atoms with Gasteiger partial charge in [-0.05, 0) is 61.9 Å². The maximum absolute atomic E-state index is 13.6. The number of aliphatic hydroxyl groups is 2. The molecule has 6 nitrogen and oxygen atoms in total. The first-order chi connectivity index (χ1) is 16.2. The molecule has 0 spiro atoms. The van der Waals surface area contributed by atoms with Crippen LogP contribution in [0.5, 0.6) is 11.5 Å². The van der Waals surface area contributed by atoms with Crippen LogP contribution in [0.25, 0.3) is 11.3 Å². The Balaban J connectivity index is 1.79. The summed E-state index contributed by atoms with van der Waals surface area (Å²) in [7, 11) is 1.48. The van der Waals surface area contributed by atoms with Crippen LogP contribution in [0.3, 0.4) is 0 Å². The van der Waals surface area contributed by atoms with Crippen LogP contribution in [0, 0.1) is 5.82 Å². The number of carbonyl (C=O) groups excluding carboxylic acids is 1. The van der Waals surface area contributed by atoms with Crippen LogP contribution in [0.1, 0.15) is 35.8 Å². The van der Waals surface area contributed by atoms with Crippen molar-refractivity contribution < 1.29 is 28.9 Å². The SMILES string of the molecule is COc1ccc(C(C)(O)CCC(=O)c2ccc(OCCO)c(Cl)c2)nc1-c1ccc(F)c(Cl)c1. The molecule has 0 saturated heterocycles. The van der Waals surface area contributed by atoms with Crippen LogP contribution < -0.4 is 9.47 Å². The Morgan fingerprint density at radius 1 is 1.09 bits per heavy atom. The molecule has 0 fully saturated rings. The van der Waals surface area contributed by atoms with Gasteiger partial charge in [0.15, 0.2) is 5.78 Å².